The molecule has 3 heteroatoms. The van der Waals surface area contributed by atoms with Gasteiger partial charge < -0.3 is 10.2 Å². The average molecular weight is 227 g/mol. The molecule has 0 amide bonds. The second-order valence-corrected chi connectivity index (χ2v) is 5.38. The molecular formula is C13H29N3. The Bertz CT molecular complexity index is 194. The first kappa shape index (κ1) is 13.9. The molecule has 0 radical (unpaired) electrons. The maximum atomic E-state index is 3.54. The van der Waals surface area contributed by atoms with E-state index >= 15 is 0 Å². The van der Waals surface area contributed by atoms with E-state index in [4.69, 9.17) is 0 Å². The first-order valence-corrected chi connectivity index (χ1v) is 6.70. The highest BCUT2D eigenvalue weighted by Crippen LogP contribution is 2.21. The Kier molecular flexibility index (Phi) is 5.73. The Balaban J connectivity index is 2.49. The van der Waals surface area contributed by atoms with Gasteiger partial charge in [-0.25, -0.2) is 0 Å². The van der Waals surface area contributed by atoms with Crippen molar-refractivity contribution in [2.24, 2.45) is 0 Å². The molecule has 3 atom stereocenters. The van der Waals surface area contributed by atoms with Crippen molar-refractivity contribution >= 4 is 0 Å². The predicted molar refractivity (Wildman–Crippen MR) is 70.9 cm³/mol. The Labute approximate surface area is 101 Å². The van der Waals surface area contributed by atoms with Crippen LogP contribution in [0.3, 0.4) is 0 Å². The van der Waals surface area contributed by atoms with Crippen LogP contribution in [-0.4, -0.2) is 61.7 Å². The lowest BCUT2D eigenvalue weighted by atomic mass is 10.1. The third-order valence-electron chi connectivity index (χ3n) is 3.77. The number of nitrogens with one attached hydrogen (secondary N) is 1. The van der Waals surface area contributed by atoms with Gasteiger partial charge in [0, 0.05) is 24.7 Å². The fourth-order valence-corrected chi connectivity index (χ4v) is 2.79. The molecule has 1 saturated heterocycles. The number of hydrogen-bond acceptors (Lipinski definition) is 3. The van der Waals surface area contributed by atoms with Gasteiger partial charge in [-0.2, -0.15) is 0 Å². The van der Waals surface area contributed by atoms with Crippen molar-refractivity contribution < 1.29 is 0 Å². The molecule has 0 aliphatic carbocycles. The van der Waals surface area contributed by atoms with Crippen LogP contribution in [0, 0.1) is 0 Å². The van der Waals surface area contributed by atoms with Crippen molar-refractivity contribution in [1.29, 1.82) is 0 Å². The molecule has 0 spiro atoms. The molecule has 0 saturated carbocycles. The SMILES string of the molecule is CCNC(C)C(C)N1CCCC1CN(C)C. The molecule has 1 fully saturated rings. The first-order valence-electron chi connectivity index (χ1n) is 6.70. The Hall–Kier alpha value is -0.120. The number of likely N-dealkylation sites (tertiary alicyclic amines) is 1. The van der Waals surface area contributed by atoms with Crippen molar-refractivity contribution in [3.05, 3.63) is 0 Å². The van der Waals surface area contributed by atoms with Crippen LogP contribution in [0.2, 0.25) is 0 Å². The third-order valence-corrected chi connectivity index (χ3v) is 3.77. The number of likely N-dealkylation sites (N-methyl/N-ethyl adjacent to an activating group) is 2. The predicted octanol–water partition coefficient (Wildman–Crippen LogP) is 1.40. The van der Waals surface area contributed by atoms with Crippen LogP contribution in [0.4, 0.5) is 0 Å². The molecule has 1 N–H and O–H groups in total. The minimum atomic E-state index is 0.591. The standard InChI is InChI=1S/C13H29N3/c1-6-14-11(2)12(3)16-9-7-8-13(16)10-15(4)5/h11-14H,6-10H2,1-5H3. The molecule has 0 aromatic heterocycles. The van der Waals surface area contributed by atoms with E-state index in [-0.39, 0.29) is 0 Å². The lowest BCUT2D eigenvalue weighted by molar-refractivity contribution is 0.138. The molecule has 0 aromatic rings. The van der Waals surface area contributed by atoms with Gasteiger partial charge in [-0.05, 0) is 53.9 Å². The van der Waals surface area contributed by atoms with E-state index in [1.165, 1.54) is 25.9 Å². The highest BCUT2D eigenvalue weighted by molar-refractivity contribution is 4.88. The lowest BCUT2D eigenvalue weighted by Crippen LogP contribution is -2.50. The molecule has 1 heterocycles. The van der Waals surface area contributed by atoms with E-state index in [1.807, 2.05) is 0 Å². The van der Waals surface area contributed by atoms with Crippen molar-refractivity contribution in [3.63, 3.8) is 0 Å². The van der Waals surface area contributed by atoms with Crippen LogP contribution >= 0.6 is 0 Å². The summed E-state index contributed by atoms with van der Waals surface area (Å²) in [5.74, 6) is 0. The third kappa shape index (κ3) is 3.72. The molecular weight excluding hydrogens is 198 g/mol. The highest BCUT2D eigenvalue weighted by Gasteiger charge is 2.30. The fourth-order valence-electron chi connectivity index (χ4n) is 2.79. The molecule has 1 aliphatic heterocycles. The molecule has 0 aromatic carbocycles. The van der Waals surface area contributed by atoms with Gasteiger partial charge in [0.05, 0.1) is 0 Å². The first-order chi connectivity index (χ1) is 7.56. The normalized spacial score (nSPS) is 26.2. The number of nitrogens with zero attached hydrogens (tertiary/aromatic N) is 2. The van der Waals surface area contributed by atoms with E-state index in [0.717, 1.165) is 12.6 Å². The van der Waals surface area contributed by atoms with Gasteiger partial charge in [-0.3, -0.25) is 4.90 Å². The van der Waals surface area contributed by atoms with E-state index in [2.05, 4.69) is 50.0 Å². The van der Waals surface area contributed by atoms with Gasteiger partial charge in [0.1, 0.15) is 0 Å². The minimum absolute atomic E-state index is 0.591. The summed E-state index contributed by atoms with van der Waals surface area (Å²) in [6.07, 6.45) is 2.73. The molecule has 96 valence electrons. The lowest BCUT2D eigenvalue weighted by Gasteiger charge is -2.35. The molecule has 3 unspecified atom stereocenters. The quantitative estimate of drug-likeness (QED) is 0.740. The largest absolute Gasteiger partial charge is 0.313 e. The van der Waals surface area contributed by atoms with Crippen molar-refractivity contribution in [1.82, 2.24) is 15.1 Å². The van der Waals surface area contributed by atoms with E-state index in [0.29, 0.717) is 12.1 Å². The van der Waals surface area contributed by atoms with Crippen LogP contribution < -0.4 is 5.32 Å². The molecule has 3 nitrogen and oxygen atoms in total. The summed E-state index contributed by atoms with van der Waals surface area (Å²) >= 11 is 0. The van der Waals surface area contributed by atoms with Gasteiger partial charge in [0.2, 0.25) is 0 Å². The number of hydrogen-bond donors (Lipinski definition) is 1. The summed E-state index contributed by atoms with van der Waals surface area (Å²) in [5, 5.41) is 3.54. The molecule has 16 heavy (non-hydrogen) atoms. The van der Waals surface area contributed by atoms with Crippen LogP contribution in [0.25, 0.3) is 0 Å². The summed E-state index contributed by atoms with van der Waals surface area (Å²) in [6, 6.07) is 1.99. The Morgan fingerprint density at radius 1 is 1.38 bits per heavy atom. The highest BCUT2D eigenvalue weighted by atomic mass is 15.3. The number of rotatable bonds is 6. The van der Waals surface area contributed by atoms with E-state index in [1.54, 1.807) is 0 Å². The second-order valence-electron chi connectivity index (χ2n) is 5.38. The fraction of sp³-hybridized carbons (Fsp3) is 1.00. The Morgan fingerprint density at radius 2 is 2.06 bits per heavy atom. The van der Waals surface area contributed by atoms with Crippen molar-refractivity contribution in [3.8, 4) is 0 Å². The van der Waals surface area contributed by atoms with Crippen LogP contribution in [0.5, 0.6) is 0 Å². The van der Waals surface area contributed by atoms with Gasteiger partial charge in [-0.1, -0.05) is 6.92 Å². The maximum Gasteiger partial charge on any atom is 0.0226 e. The zero-order valence-electron chi connectivity index (χ0n) is 11.7. The molecule has 1 aliphatic rings. The van der Waals surface area contributed by atoms with Gasteiger partial charge in [0.15, 0.2) is 0 Å². The van der Waals surface area contributed by atoms with Gasteiger partial charge in [0.25, 0.3) is 0 Å². The summed E-state index contributed by atoms with van der Waals surface area (Å²) < 4.78 is 0. The zero-order chi connectivity index (χ0) is 12.1. The van der Waals surface area contributed by atoms with Crippen LogP contribution in [0.15, 0.2) is 0 Å². The van der Waals surface area contributed by atoms with E-state index < -0.39 is 0 Å². The monoisotopic (exact) mass is 227 g/mol. The average Bonchev–Trinajstić information content (AvgIpc) is 2.64. The molecule has 0 bridgehead atoms. The Morgan fingerprint density at radius 3 is 2.62 bits per heavy atom. The minimum Gasteiger partial charge on any atom is -0.313 e. The van der Waals surface area contributed by atoms with Crippen molar-refractivity contribution in [2.45, 2.75) is 51.7 Å². The van der Waals surface area contributed by atoms with Crippen LogP contribution in [-0.2, 0) is 0 Å². The van der Waals surface area contributed by atoms with Crippen LogP contribution in [0.1, 0.15) is 33.6 Å². The smallest absolute Gasteiger partial charge is 0.0226 e. The maximum absolute atomic E-state index is 3.54. The zero-order valence-corrected chi connectivity index (χ0v) is 11.7. The summed E-state index contributed by atoms with van der Waals surface area (Å²) in [6.45, 7) is 10.4. The summed E-state index contributed by atoms with van der Waals surface area (Å²) in [4.78, 5) is 5.00. The van der Waals surface area contributed by atoms with Gasteiger partial charge in [-0.15, -0.1) is 0 Å². The van der Waals surface area contributed by atoms with E-state index in [9.17, 15) is 0 Å². The second kappa shape index (κ2) is 6.58. The molecule has 1 rings (SSSR count). The topological polar surface area (TPSA) is 18.5 Å². The van der Waals surface area contributed by atoms with Gasteiger partial charge >= 0.3 is 0 Å². The summed E-state index contributed by atoms with van der Waals surface area (Å²) in [5.41, 5.74) is 0. The summed E-state index contributed by atoms with van der Waals surface area (Å²) in [7, 11) is 4.35. The van der Waals surface area contributed by atoms with Crippen molar-refractivity contribution in [2.75, 3.05) is 33.7 Å².